The Morgan fingerprint density at radius 2 is 1.75 bits per heavy atom. The van der Waals surface area contributed by atoms with Gasteiger partial charge in [0.1, 0.15) is 6.61 Å². The van der Waals surface area contributed by atoms with Crippen LogP contribution in [-0.2, 0) is 17.8 Å². The number of amides is 1. The number of hydrogen-bond acceptors (Lipinski definition) is 3. The third-order valence-corrected chi connectivity index (χ3v) is 5.74. The van der Waals surface area contributed by atoms with Crippen molar-refractivity contribution in [2.75, 3.05) is 12.4 Å². The predicted molar refractivity (Wildman–Crippen MR) is 132 cm³/mol. The monoisotopic (exact) mass is 469 g/mol. The lowest BCUT2D eigenvalue weighted by Crippen LogP contribution is -2.11. The molecule has 0 fully saturated rings. The number of anilines is 1. The first kappa shape index (κ1) is 23.7. The van der Waals surface area contributed by atoms with Crippen LogP contribution in [0.3, 0.4) is 0 Å². The van der Waals surface area contributed by atoms with Crippen molar-refractivity contribution in [1.82, 2.24) is 0 Å². The van der Waals surface area contributed by atoms with Crippen molar-refractivity contribution in [3.63, 3.8) is 0 Å². The summed E-state index contributed by atoms with van der Waals surface area (Å²) in [4.78, 5) is 12.5. The maximum atomic E-state index is 12.5. The Bertz CT molecular complexity index is 1120. The van der Waals surface area contributed by atoms with E-state index in [1.165, 1.54) is 6.08 Å². The molecule has 1 amide bonds. The van der Waals surface area contributed by atoms with Gasteiger partial charge < -0.3 is 14.8 Å². The molecule has 0 aromatic heterocycles. The van der Waals surface area contributed by atoms with Crippen LogP contribution < -0.4 is 14.8 Å². The molecule has 6 heteroatoms. The molecule has 0 saturated heterocycles. The van der Waals surface area contributed by atoms with Crippen molar-refractivity contribution in [1.29, 1.82) is 0 Å². The highest BCUT2D eigenvalue weighted by Crippen LogP contribution is 2.31. The van der Waals surface area contributed by atoms with Gasteiger partial charge in [0.2, 0.25) is 5.91 Å². The van der Waals surface area contributed by atoms with Gasteiger partial charge in [-0.1, -0.05) is 60.5 Å². The zero-order valence-electron chi connectivity index (χ0n) is 18.2. The smallest absolute Gasteiger partial charge is 0.248 e. The van der Waals surface area contributed by atoms with E-state index < -0.39 is 0 Å². The van der Waals surface area contributed by atoms with Gasteiger partial charge in [0.05, 0.1) is 7.11 Å². The number of para-hydroxylation sites is 1. The average molecular weight is 470 g/mol. The molecule has 0 bridgehead atoms. The van der Waals surface area contributed by atoms with Gasteiger partial charge in [0.25, 0.3) is 0 Å². The van der Waals surface area contributed by atoms with Crippen LogP contribution >= 0.6 is 23.2 Å². The molecule has 0 aliphatic carbocycles. The molecule has 3 aromatic rings. The number of ether oxygens (including phenoxy) is 2. The third kappa shape index (κ3) is 5.84. The van der Waals surface area contributed by atoms with Gasteiger partial charge in [-0.05, 0) is 60.4 Å². The average Bonchev–Trinajstić information content (AvgIpc) is 2.79. The van der Waals surface area contributed by atoms with Gasteiger partial charge in [-0.3, -0.25) is 4.79 Å². The summed E-state index contributed by atoms with van der Waals surface area (Å²) in [7, 11) is 1.56. The summed E-state index contributed by atoms with van der Waals surface area (Å²) < 4.78 is 11.3. The lowest BCUT2D eigenvalue weighted by Gasteiger charge is -2.13. The molecule has 0 spiro atoms. The van der Waals surface area contributed by atoms with Gasteiger partial charge in [0.15, 0.2) is 11.5 Å². The van der Waals surface area contributed by atoms with Crippen molar-refractivity contribution in [2.24, 2.45) is 0 Å². The van der Waals surface area contributed by atoms with Crippen molar-refractivity contribution in [2.45, 2.75) is 26.9 Å². The molecule has 166 valence electrons. The highest BCUT2D eigenvalue weighted by molar-refractivity contribution is 6.35. The molecule has 0 unspecified atom stereocenters. The van der Waals surface area contributed by atoms with E-state index in [-0.39, 0.29) is 12.5 Å². The van der Waals surface area contributed by atoms with E-state index in [0.29, 0.717) is 27.1 Å². The van der Waals surface area contributed by atoms with Crippen LogP contribution in [0.1, 0.15) is 29.2 Å². The van der Waals surface area contributed by atoms with Crippen LogP contribution in [0.25, 0.3) is 6.08 Å². The number of nitrogens with one attached hydrogen (secondary N) is 1. The molecule has 0 saturated carbocycles. The molecule has 4 nitrogen and oxygen atoms in total. The summed E-state index contributed by atoms with van der Waals surface area (Å²) in [6, 6.07) is 16.8. The first-order valence-corrected chi connectivity index (χ1v) is 11.0. The fourth-order valence-electron chi connectivity index (χ4n) is 3.27. The van der Waals surface area contributed by atoms with Crippen LogP contribution in [0.15, 0.2) is 60.7 Å². The molecule has 3 rings (SSSR count). The number of carbonyl (C=O) groups is 1. The summed E-state index contributed by atoms with van der Waals surface area (Å²) in [6.45, 7) is 4.26. The lowest BCUT2D eigenvalue weighted by molar-refractivity contribution is -0.111. The molecule has 1 N–H and O–H groups in total. The van der Waals surface area contributed by atoms with Crippen LogP contribution in [0.5, 0.6) is 11.5 Å². The summed E-state index contributed by atoms with van der Waals surface area (Å²) in [5.41, 5.74) is 4.52. The largest absolute Gasteiger partial charge is 0.493 e. The minimum absolute atomic E-state index is 0.193. The molecule has 0 heterocycles. The maximum Gasteiger partial charge on any atom is 0.248 e. The minimum Gasteiger partial charge on any atom is -0.493 e. The lowest BCUT2D eigenvalue weighted by atomic mass is 10.1. The SMILES string of the molecule is CCc1cccc(C)c1NC(=O)C=Cc1ccc(OCc2c(Cl)cccc2Cl)c(OC)c1. The number of carbonyl (C=O) groups excluding carboxylic acids is 1. The minimum atomic E-state index is -0.193. The number of rotatable bonds is 8. The number of hydrogen-bond donors (Lipinski definition) is 1. The fraction of sp³-hybridized carbons (Fsp3) is 0.192. The first-order valence-electron chi connectivity index (χ1n) is 10.2. The van der Waals surface area contributed by atoms with Crippen molar-refractivity contribution >= 4 is 40.9 Å². The van der Waals surface area contributed by atoms with Crippen LogP contribution in [0.2, 0.25) is 10.0 Å². The molecule has 3 aromatic carbocycles. The quantitative estimate of drug-likeness (QED) is 0.357. The Kier molecular flexibility index (Phi) is 8.20. The van der Waals surface area contributed by atoms with Crippen molar-refractivity contribution in [3.8, 4) is 11.5 Å². The standard InChI is InChI=1S/C26H25Cl2NO3/c1-4-19-8-5-7-17(2)26(19)29-25(30)14-12-18-11-13-23(24(15-18)31-3)32-16-20-21(27)9-6-10-22(20)28/h5-15H,4,16H2,1-3H3,(H,29,30). The van der Waals surface area contributed by atoms with Gasteiger partial charge in [-0.2, -0.15) is 0 Å². The molecule has 0 atom stereocenters. The molecule has 0 radical (unpaired) electrons. The van der Waals surface area contributed by atoms with Gasteiger partial charge in [-0.15, -0.1) is 0 Å². The van der Waals surface area contributed by atoms with Gasteiger partial charge >= 0.3 is 0 Å². The second kappa shape index (κ2) is 11.1. The van der Waals surface area contributed by atoms with Crippen LogP contribution in [-0.4, -0.2) is 13.0 Å². The van der Waals surface area contributed by atoms with Crippen LogP contribution in [0.4, 0.5) is 5.69 Å². The maximum absolute atomic E-state index is 12.5. The molecule has 0 aliphatic rings. The second-order valence-electron chi connectivity index (χ2n) is 7.18. The summed E-state index contributed by atoms with van der Waals surface area (Å²) in [5.74, 6) is 0.905. The Morgan fingerprint density at radius 1 is 1.03 bits per heavy atom. The zero-order chi connectivity index (χ0) is 23.1. The van der Waals surface area contributed by atoms with Gasteiger partial charge in [-0.25, -0.2) is 0 Å². The first-order chi connectivity index (χ1) is 15.4. The molecule has 32 heavy (non-hydrogen) atoms. The predicted octanol–water partition coefficient (Wildman–Crippen LogP) is 7.10. The third-order valence-electron chi connectivity index (χ3n) is 5.04. The summed E-state index contributed by atoms with van der Waals surface area (Å²) >= 11 is 12.4. The van der Waals surface area contributed by atoms with E-state index in [4.69, 9.17) is 32.7 Å². The normalized spacial score (nSPS) is 10.9. The fourth-order valence-corrected chi connectivity index (χ4v) is 3.77. The number of aryl methyl sites for hydroxylation is 2. The number of methoxy groups -OCH3 is 1. The van der Waals surface area contributed by atoms with E-state index in [1.54, 1.807) is 43.5 Å². The van der Waals surface area contributed by atoms with Crippen molar-refractivity contribution < 1.29 is 14.3 Å². The topological polar surface area (TPSA) is 47.6 Å². The molecular formula is C26H25Cl2NO3. The van der Waals surface area contributed by atoms with E-state index >= 15 is 0 Å². The van der Waals surface area contributed by atoms with Crippen LogP contribution in [0, 0.1) is 6.92 Å². The Morgan fingerprint density at radius 3 is 2.44 bits per heavy atom. The highest BCUT2D eigenvalue weighted by atomic mass is 35.5. The number of benzene rings is 3. The van der Waals surface area contributed by atoms with E-state index in [1.807, 2.05) is 31.2 Å². The van der Waals surface area contributed by atoms with Crippen molar-refractivity contribution in [3.05, 3.63) is 93.0 Å². The van der Waals surface area contributed by atoms with E-state index in [0.717, 1.165) is 28.8 Å². The van der Waals surface area contributed by atoms with Gasteiger partial charge in [0, 0.05) is 27.4 Å². The number of halogens is 2. The Labute approximate surface area is 198 Å². The zero-order valence-corrected chi connectivity index (χ0v) is 19.8. The summed E-state index contributed by atoms with van der Waals surface area (Å²) in [6.07, 6.45) is 4.08. The molecular weight excluding hydrogens is 445 g/mol. The highest BCUT2D eigenvalue weighted by Gasteiger charge is 2.10. The Hall–Kier alpha value is -2.95. The van der Waals surface area contributed by atoms with E-state index in [2.05, 4.69) is 12.2 Å². The second-order valence-corrected chi connectivity index (χ2v) is 8.00. The Balaban J connectivity index is 1.70. The van der Waals surface area contributed by atoms with E-state index in [9.17, 15) is 4.79 Å². The summed E-state index contributed by atoms with van der Waals surface area (Å²) in [5, 5.41) is 4.07. The molecule has 0 aliphatic heterocycles.